The van der Waals surface area contributed by atoms with E-state index in [0.717, 1.165) is 0 Å². The maximum Gasteiger partial charge on any atom is 0.343 e. The van der Waals surface area contributed by atoms with Crippen molar-refractivity contribution < 1.29 is 18.3 Å². The first-order valence-electron chi connectivity index (χ1n) is 6.83. The lowest BCUT2D eigenvalue weighted by Gasteiger charge is -2.31. The first-order chi connectivity index (χ1) is 10.9. The van der Waals surface area contributed by atoms with Gasteiger partial charge in [0.2, 0.25) is 5.88 Å². The minimum Gasteiger partial charge on any atom is -0.439 e. The van der Waals surface area contributed by atoms with Gasteiger partial charge in [-0.3, -0.25) is 4.57 Å². The van der Waals surface area contributed by atoms with Crippen LogP contribution in [0.15, 0.2) is 23.6 Å². The molecule has 0 saturated heterocycles. The molecule has 0 radical (unpaired) electrons. The maximum atomic E-state index is 13.2. The van der Waals surface area contributed by atoms with Crippen LogP contribution < -0.4 is 10.5 Å². The number of allylic oxidation sites excluding steroid dienone is 1. The van der Waals surface area contributed by atoms with Gasteiger partial charge >= 0.3 is 7.60 Å². The quantitative estimate of drug-likeness (QED) is 0.765. The smallest absolute Gasteiger partial charge is 0.343 e. The molecule has 1 aliphatic rings. The largest absolute Gasteiger partial charge is 0.439 e. The van der Waals surface area contributed by atoms with Crippen molar-refractivity contribution in [1.82, 2.24) is 0 Å². The molecule has 0 amide bonds. The summed E-state index contributed by atoms with van der Waals surface area (Å²) in [6.45, 7) is 3.62. The predicted octanol–water partition coefficient (Wildman–Crippen LogP) is 4.39. The Morgan fingerprint density at radius 3 is 2.48 bits per heavy atom. The molecule has 124 valence electrons. The topological polar surface area (TPSA) is 94.6 Å². The Bertz CT molecular complexity index is 735. The number of rotatable bonds is 5. The normalized spacial score (nSPS) is 17.4. The highest BCUT2D eigenvalue weighted by atomic mass is 35.5. The molecular weight excluding hydrogens is 362 g/mol. The molecule has 1 aliphatic heterocycles. The fourth-order valence-corrected chi connectivity index (χ4v) is 5.01. The first-order valence-corrected chi connectivity index (χ1v) is 9.20. The summed E-state index contributed by atoms with van der Waals surface area (Å²) in [5.41, 5.74) is 5.06. The van der Waals surface area contributed by atoms with E-state index in [1.807, 2.05) is 6.07 Å². The Kier molecular flexibility index (Phi) is 5.61. The fourth-order valence-electron chi connectivity index (χ4n) is 2.34. The van der Waals surface area contributed by atoms with E-state index in [1.54, 1.807) is 13.8 Å². The monoisotopic (exact) mass is 376 g/mol. The van der Waals surface area contributed by atoms with Crippen LogP contribution in [0.1, 0.15) is 25.1 Å². The highest BCUT2D eigenvalue weighted by Crippen LogP contribution is 2.67. The summed E-state index contributed by atoms with van der Waals surface area (Å²) >= 11 is 12.2. The number of hydrogen-bond donors (Lipinski definition) is 1. The molecule has 2 N–H and O–H groups in total. The van der Waals surface area contributed by atoms with Crippen molar-refractivity contribution in [2.75, 3.05) is 13.2 Å². The summed E-state index contributed by atoms with van der Waals surface area (Å²) in [6.07, 6.45) is 0. The van der Waals surface area contributed by atoms with E-state index >= 15 is 0 Å². The van der Waals surface area contributed by atoms with Crippen molar-refractivity contribution in [3.63, 3.8) is 0 Å². The van der Waals surface area contributed by atoms with Crippen LogP contribution in [0.3, 0.4) is 0 Å². The minimum atomic E-state index is -3.73. The number of nitrogens with two attached hydrogens (primary N) is 1. The summed E-state index contributed by atoms with van der Waals surface area (Å²) in [7, 11) is -3.73. The second-order valence-corrected chi connectivity index (χ2v) is 7.53. The number of nitrogens with zero attached hydrogens (tertiary/aromatic N) is 1. The third kappa shape index (κ3) is 3.35. The molecule has 0 fully saturated rings. The summed E-state index contributed by atoms with van der Waals surface area (Å²) in [5.74, 6) is 0.00560. The second-order valence-electron chi connectivity index (χ2n) is 4.58. The van der Waals surface area contributed by atoms with Crippen molar-refractivity contribution in [2.45, 2.75) is 19.5 Å². The van der Waals surface area contributed by atoms with Crippen LogP contribution in [-0.4, -0.2) is 13.2 Å². The van der Waals surface area contributed by atoms with Gasteiger partial charge in [0.25, 0.3) is 0 Å². The van der Waals surface area contributed by atoms with Gasteiger partial charge in [-0.2, -0.15) is 5.26 Å². The highest BCUT2D eigenvalue weighted by molar-refractivity contribution is 7.54. The van der Waals surface area contributed by atoms with E-state index in [0.29, 0.717) is 10.6 Å². The summed E-state index contributed by atoms with van der Waals surface area (Å²) in [5, 5.41) is 9.93. The van der Waals surface area contributed by atoms with Gasteiger partial charge in [-0.1, -0.05) is 23.2 Å². The SMILES string of the molecule is CCOP(=O)(OCC)C1C(C#N)=C(N)Oc2c(Cl)cc(Cl)cc21. The van der Waals surface area contributed by atoms with Crippen molar-refractivity contribution in [3.05, 3.63) is 39.2 Å². The summed E-state index contributed by atoms with van der Waals surface area (Å²) in [4.78, 5) is 0. The lowest BCUT2D eigenvalue weighted by atomic mass is 10.0. The van der Waals surface area contributed by atoms with Gasteiger partial charge in [-0.15, -0.1) is 0 Å². The van der Waals surface area contributed by atoms with Gasteiger partial charge in [0.1, 0.15) is 17.3 Å². The Labute approximate surface area is 144 Å². The van der Waals surface area contributed by atoms with Crippen LogP contribution in [0.2, 0.25) is 10.0 Å². The lowest BCUT2D eigenvalue weighted by Crippen LogP contribution is -2.22. The molecule has 9 heteroatoms. The molecule has 0 saturated carbocycles. The molecule has 1 atom stereocenters. The molecular formula is C14H15Cl2N2O4P. The van der Waals surface area contributed by atoms with E-state index in [1.165, 1.54) is 12.1 Å². The third-order valence-electron chi connectivity index (χ3n) is 3.14. The molecule has 1 heterocycles. The van der Waals surface area contributed by atoms with Crippen LogP contribution >= 0.6 is 30.8 Å². The maximum absolute atomic E-state index is 13.2. The van der Waals surface area contributed by atoms with E-state index < -0.39 is 13.3 Å². The van der Waals surface area contributed by atoms with Gasteiger partial charge in [-0.25, -0.2) is 0 Å². The molecule has 0 bridgehead atoms. The Morgan fingerprint density at radius 2 is 1.96 bits per heavy atom. The molecule has 0 spiro atoms. The molecule has 0 aliphatic carbocycles. The van der Waals surface area contributed by atoms with Crippen LogP contribution in [0, 0.1) is 11.3 Å². The van der Waals surface area contributed by atoms with Gasteiger partial charge < -0.3 is 19.5 Å². The Balaban J connectivity index is 2.74. The van der Waals surface area contributed by atoms with Gasteiger partial charge in [-0.05, 0) is 26.0 Å². The number of nitriles is 1. The molecule has 2 rings (SSSR count). The number of halogens is 2. The minimum absolute atomic E-state index is 0.0407. The van der Waals surface area contributed by atoms with E-state index in [2.05, 4.69) is 0 Å². The van der Waals surface area contributed by atoms with E-state index in [-0.39, 0.29) is 35.4 Å². The number of fused-ring (bicyclic) bond motifs is 1. The molecule has 1 aromatic carbocycles. The number of hydrogen-bond acceptors (Lipinski definition) is 6. The molecule has 6 nitrogen and oxygen atoms in total. The number of benzene rings is 1. The molecule has 23 heavy (non-hydrogen) atoms. The van der Waals surface area contributed by atoms with Crippen molar-refractivity contribution in [3.8, 4) is 11.8 Å². The number of ether oxygens (including phenoxy) is 1. The average Bonchev–Trinajstić information content (AvgIpc) is 2.47. The predicted molar refractivity (Wildman–Crippen MR) is 87.5 cm³/mol. The lowest BCUT2D eigenvalue weighted by molar-refractivity contribution is 0.213. The van der Waals surface area contributed by atoms with Crippen LogP contribution in [0.25, 0.3) is 0 Å². The van der Waals surface area contributed by atoms with Crippen LogP contribution in [-0.2, 0) is 13.6 Å². The molecule has 1 aromatic rings. The average molecular weight is 377 g/mol. The summed E-state index contributed by atoms with van der Waals surface area (Å²) in [6, 6.07) is 4.90. The van der Waals surface area contributed by atoms with Gasteiger partial charge in [0, 0.05) is 10.6 Å². The molecule has 1 unspecified atom stereocenters. The van der Waals surface area contributed by atoms with Crippen molar-refractivity contribution in [1.29, 1.82) is 5.26 Å². The fraction of sp³-hybridized carbons (Fsp3) is 0.357. The third-order valence-corrected chi connectivity index (χ3v) is 6.04. The van der Waals surface area contributed by atoms with E-state index in [4.69, 9.17) is 42.7 Å². The van der Waals surface area contributed by atoms with Crippen LogP contribution in [0.5, 0.6) is 5.75 Å². The van der Waals surface area contributed by atoms with E-state index in [9.17, 15) is 9.83 Å². The summed E-state index contributed by atoms with van der Waals surface area (Å²) < 4.78 is 29.4. The van der Waals surface area contributed by atoms with Gasteiger partial charge in [0.05, 0.1) is 18.2 Å². The zero-order valence-electron chi connectivity index (χ0n) is 12.5. The zero-order valence-corrected chi connectivity index (χ0v) is 14.9. The molecule has 0 aromatic heterocycles. The highest BCUT2D eigenvalue weighted by Gasteiger charge is 2.46. The first kappa shape index (κ1) is 18.1. The standard InChI is InChI=1S/C14H15Cl2N2O4P/c1-3-20-23(19,21-4-2)13-9-5-8(15)6-11(16)12(9)22-14(18)10(13)7-17/h5-6,13H,3-4,18H2,1-2H3. The van der Waals surface area contributed by atoms with Crippen molar-refractivity contribution >= 4 is 30.8 Å². The Hall–Kier alpha value is -1.22. The van der Waals surface area contributed by atoms with Crippen molar-refractivity contribution in [2.24, 2.45) is 5.73 Å². The van der Waals surface area contributed by atoms with Gasteiger partial charge in [0.15, 0.2) is 5.75 Å². The zero-order chi connectivity index (χ0) is 17.2. The van der Waals surface area contributed by atoms with Crippen LogP contribution in [0.4, 0.5) is 0 Å². The Morgan fingerprint density at radius 1 is 1.35 bits per heavy atom. The second kappa shape index (κ2) is 7.12.